The third-order valence-electron chi connectivity index (χ3n) is 2.69. The summed E-state index contributed by atoms with van der Waals surface area (Å²) in [5.74, 6) is 0.129. The smallest absolute Gasteiger partial charge is 0.387 e. The van der Waals surface area contributed by atoms with E-state index >= 15 is 0 Å². The average Bonchev–Trinajstić information content (AvgIpc) is 2.67. The summed E-state index contributed by atoms with van der Waals surface area (Å²) in [6, 6.07) is 8.59. The maximum atomic E-state index is 12.2. The lowest BCUT2D eigenvalue weighted by molar-refractivity contribution is -0.0498. The number of rotatable bonds is 4. The van der Waals surface area contributed by atoms with Gasteiger partial charge in [0.05, 0.1) is 5.38 Å². The number of benzene rings is 1. The van der Waals surface area contributed by atoms with Crippen LogP contribution in [0.1, 0.15) is 26.3 Å². The highest BCUT2D eigenvalue weighted by atomic mass is 35.5. The van der Waals surface area contributed by atoms with Crippen molar-refractivity contribution < 1.29 is 13.5 Å². The number of hydrogen-bond donors (Lipinski definition) is 0. The summed E-state index contributed by atoms with van der Waals surface area (Å²) in [6.45, 7) is 1.18. The fraction of sp³-hybridized carbons (Fsp3) is 0.286. The van der Waals surface area contributed by atoms with Crippen LogP contribution < -0.4 is 4.74 Å². The Kier molecular flexibility index (Phi) is 4.42. The van der Waals surface area contributed by atoms with Crippen molar-refractivity contribution in [2.24, 2.45) is 0 Å². The second-order valence-electron chi connectivity index (χ2n) is 4.22. The van der Waals surface area contributed by atoms with Crippen molar-refractivity contribution in [3.63, 3.8) is 0 Å². The molecule has 0 aliphatic carbocycles. The Morgan fingerprint density at radius 2 is 1.95 bits per heavy atom. The van der Waals surface area contributed by atoms with Gasteiger partial charge in [-0.1, -0.05) is 12.1 Å². The van der Waals surface area contributed by atoms with Gasteiger partial charge in [-0.2, -0.15) is 8.78 Å². The molecular formula is C14H13ClF2OS. The highest BCUT2D eigenvalue weighted by Gasteiger charge is 2.17. The van der Waals surface area contributed by atoms with Gasteiger partial charge in [-0.25, -0.2) is 0 Å². The van der Waals surface area contributed by atoms with E-state index in [1.165, 1.54) is 10.9 Å². The van der Waals surface area contributed by atoms with Gasteiger partial charge in [0.25, 0.3) is 0 Å². The molecule has 0 spiro atoms. The third kappa shape index (κ3) is 3.45. The molecule has 0 aliphatic rings. The van der Waals surface area contributed by atoms with Gasteiger partial charge in [0.15, 0.2) is 0 Å². The van der Waals surface area contributed by atoms with Crippen molar-refractivity contribution in [1.29, 1.82) is 0 Å². The van der Waals surface area contributed by atoms with Crippen LogP contribution in [0.4, 0.5) is 8.78 Å². The monoisotopic (exact) mass is 302 g/mol. The number of alkyl halides is 3. The van der Waals surface area contributed by atoms with Gasteiger partial charge in [-0.3, -0.25) is 0 Å². The Balaban J connectivity index is 2.28. The van der Waals surface area contributed by atoms with Crippen molar-refractivity contribution in [3.05, 3.63) is 51.2 Å². The Bertz CT molecular complexity index is 568. The molecule has 2 aromatic rings. The summed E-state index contributed by atoms with van der Waals surface area (Å²) in [7, 11) is 0. The first-order valence-corrected chi connectivity index (χ1v) is 6.98. The molecule has 102 valence electrons. The Hall–Kier alpha value is -1.13. The average molecular weight is 303 g/mol. The van der Waals surface area contributed by atoms with Gasteiger partial charge in [0.2, 0.25) is 0 Å². The van der Waals surface area contributed by atoms with Crippen LogP contribution in [0.25, 0.3) is 0 Å². The molecule has 1 heterocycles. The minimum Gasteiger partial charge on any atom is -0.435 e. The van der Waals surface area contributed by atoms with E-state index < -0.39 is 6.61 Å². The molecule has 0 aliphatic heterocycles. The number of thiophene rings is 1. The molecule has 1 aromatic heterocycles. The van der Waals surface area contributed by atoms with Crippen LogP contribution in [0.15, 0.2) is 30.3 Å². The van der Waals surface area contributed by atoms with E-state index in [1.54, 1.807) is 23.5 Å². The van der Waals surface area contributed by atoms with Gasteiger partial charge < -0.3 is 4.74 Å². The van der Waals surface area contributed by atoms with Crippen LogP contribution in [-0.2, 0) is 0 Å². The van der Waals surface area contributed by atoms with Crippen LogP contribution in [0, 0.1) is 13.8 Å². The summed E-state index contributed by atoms with van der Waals surface area (Å²) in [5, 5.41) is -0.347. The molecule has 1 atom stereocenters. The Labute approximate surface area is 119 Å². The summed E-state index contributed by atoms with van der Waals surface area (Å²) in [6.07, 6.45) is 0. The zero-order valence-electron chi connectivity index (χ0n) is 10.5. The van der Waals surface area contributed by atoms with Crippen molar-refractivity contribution in [3.8, 4) is 5.75 Å². The molecule has 1 nitrogen and oxygen atoms in total. The van der Waals surface area contributed by atoms with Gasteiger partial charge >= 0.3 is 6.61 Å². The van der Waals surface area contributed by atoms with Gasteiger partial charge in [-0.15, -0.1) is 22.9 Å². The standard InChI is InChI=1S/C14H13ClF2OS/c1-8-6-9(2)19-13(8)12(15)10-4-3-5-11(7-10)18-14(16)17/h3-7,12,14H,1-2H3. The van der Waals surface area contributed by atoms with Crippen molar-refractivity contribution in [2.75, 3.05) is 0 Å². The zero-order chi connectivity index (χ0) is 14.0. The van der Waals surface area contributed by atoms with E-state index in [0.29, 0.717) is 0 Å². The molecule has 0 radical (unpaired) electrons. The molecule has 0 saturated carbocycles. The van der Waals surface area contributed by atoms with Crippen molar-refractivity contribution >= 4 is 22.9 Å². The summed E-state index contributed by atoms with van der Waals surface area (Å²) in [5.41, 5.74) is 1.87. The highest BCUT2D eigenvalue weighted by molar-refractivity contribution is 7.12. The van der Waals surface area contributed by atoms with Gasteiger partial charge in [0.1, 0.15) is 5.75 Å². The Morgan fingerprint density at radius 1 is 1.21 bits per heavy atom. The molecule has 1 unspecified atom stereocenters. The number of aryl methyl sites for hydroxylation is 2. The normalized spacial score (nSPS) is 12.7. The van der Waals surface area contributed by atoms with E-state index in [0.717, 1.165) is 16.0 Å². The van der Waals surface area contributed by atoms with E-state index in [9.17, 15) is 8.78 Å². The van der Waals surface area contributed by atoms with Crippen LogP contribution in [0.5, 0.6) is 5.75 Å². The van der Waals surface area contributed by atoms with Crippen molar-refractivity contribution in [1.82, 2.24) is 0 Å². The maximum absolute atomic E-state index is 12.2. The van der Waals surface area contributed by atoms with Crippen LogP contribution in [0.3, 0.4) is 0 Å². The second kappa shape index (κ2) is 5.88. The fourth-order valence-electron chi connectivity index (χ4n) is 1.91. The molecule has 1 aromatic carbocycles. The zero-order valence-corrected chi connectivity index (χ0v) is 12.1. The molecule has 0 N–H and O–H groups in total. The minimum atomic E-state index is -2.82. The molecular weight excluding hydrogens is 290 g/mol. The topological polar surface area (TPSA) is 9.23 Å². The third-order valence-corrected chi connectivity index (χ3v) is 4.50. The molecule has 19 heavy (non-hydrogen) atoms. The lowest BCUT2D eigenvalue weighted by Crippen LogP contribution is -2.02. The van der Waals surface area contributed by atoms with E-state index in [2.05, 4.69) is 10.8 Å². The largest absolute Gasteiger partial charge is 0.435 e. The van der Waals surface area contributed by atoms with E-state index in [1.807, 2.05) is 19.9 Å². The quantitative estimate of drug-likeness (QED) is 0.697. The predicted octanol–water partition coefficient (Wildman–Crippen LogP) is 5.29. The minimum absolute atomic E-state index is 0.129. The van der Waals surface area contributed by atoms with E-state index in [-0.39, 0.29) is 11.1 Å². The van der Waals surface area contributed by atoms with E-state index in [4.69, 9.17) is 11.6 Å². The fourth-order valence-corrected chi connectivity index (χ4v) is 3.39. The number of halogens is 3. The van der Waals surface area contributed by atoms with Crippen LogP contribution in [0.2, 0.25) is 0 Å². The molecule has 0 bridgehead atoms. The summed E-state index contributed by atoms with van der Waals surface area (Å²) in [4.78, 5) is 2.21. The highest BCUT2D eigenvalue weighted by Crippen LogP contribution is 2.37. The molecule has 0 amide bonds. The first kappa shape index (κ1) is 14.3. The lowest BCUT2D eigenvalue weighted by Gasteiger charge is -2.11. The number of hydrogen-bond acceptors (Lipinski definition) is 2. The molecule has 5 heteroatoms. The Morgan fingerprint density at radius 3 is 2.53 bits per heavy atom. The number of ether oxygens (including phenoxy) is 1. The first-order valence-electron chi connectivity index (χ1n) is 5.73. The molecule has 0 fully saturated rings. The summed E-state index contributed by atoms with van der Waals surface area (Å²) < 4.78 is 28.8. The SMILES string of the molecule is Cc1cc(C)c(C(Cl)c2cccc(OC(F)F)c2)s1. The maximum Gasteiger partial charge on any atom is 0.387 e. The predicted molar refractivity (Wildman–Crippen MR) is 74.6 cm³/mol. The molecule has 2 rings (SSSR count). The first-order chi connectivity index (χ1) is 8.97. The lowest BCUT2D eigenvalue weighted by atomic mass is 10.1. The molecule has 0 saturated heterocycles. The van der Waals surface area contributed by atoms with Crippen LogP contribution >= 0.6 is 22.9 Å². The second-order valence-corrected chi connectivity index (χ2v) is 5.94. The van der Waals surface area contributed by atoms with Crippen molar-refractivity contribution in [2.45, 2.75) is 25.8 Å². The van der Waals surface area contributed by atoms with Gasteiger partial charge in [0, 0.05) is 9.75 Å². The van der Waals surface area contributed by atoms with Crippen LogP contribution in [-0.4, -0.2) is 6.61 Å². The van der Waals surface area contributed by atoms with Gasteiger partial charge in [-0.05, 0) is 43.2 Å². The summed E-state index contributed by atoms with van der Waals surface area (Å²) >= 11 is 8.04.